The quantitative estimate of drug-likeness (QED) is 0.0451. The number of nitrogens with one attached hydrogen (secondary N) is 6. The van der Waals surface area contributed by atoms with E-state index in [0.717, 1.165) is 31.5 Å². The SMILES string of the molecule is CC(C)(C)OC(=O)NC1CCN(CC(F)(F)F)CC1.CC(C)(C)OC(=O)NC1CCNCC1.NC1CCN(CC(F)(F)F)CC1.O=C1Nc2nc(NC3CCN(CC(F)(F)F)CC3)ncc2CN1c1ccccc1Cl.O=C1Nc2nc(S(=O)(=O)Cc3ccccc3)ncc2CN1c1ccccc1Cl. The van der Waals surface area contributed by atoms with E-state index in [1.165, 1.54) is 30.7 Å². The van der Waals surface area contributed by atoms with Gasteiger partial charge in [-0.3, -0.25) is 35.1 Å². The standard InChI is InChI=1S/C19H20ClF3N6O.C19H15ClN4O3S.C12H21F3N2O2.C10H20N2O2.C7H13F3N2/c20-14-3-1-2-4-15(14)29-10-12-9-24-17(26-16(12)27-18(29)30)25-13-5-7-28(8-6-13)11-19(21,22)23;20-15-8-4-5-9-16(15)24-11-14-10-21-18(22-17(14)23-19(24)25)28(26,27)12-13-6-2-1-3-7-13;1-11(2,3)19-10(18)16-9-4-6-17(7-5-9)8-12(13,14)15;1-10(2,3)14-9(13)12-8-4-6-11-7-5-8;8-7(9,10)5-12-3-1-6(11)2-4-12/h1-4,9,13H,5-8,10-11H2,(H2,24,25,26,27,30);1-10H,11-12H2,(H,21,22,23,25);9H,4-8H2,1-3H3,(H,16,18);8,11H,4-7H2,1-3H3,(H,12,13);6H,1-5,11H2. The number of alkyl halides is 9. The van der Waals surface area contributed by atoms with E-state index < -0.39 is 71.3 Å². The molecule has 6 aliphatic rings. The molecule has 568 valence electrons. The molecule has 3 aromatic carbocycles. The highest BCUT2D eigenvalue weighted by Crippen LogP contribution is 2.34. The van der Waals surface area contributed by atoms with Crippen LogP contribution in [0.15, 0.2) is 96.4 Å². The first kappa shape index (κ1) is 82.7. The van der Waals surface area contributed by atoms with Crippen molar-refractivity contribution in [2.75, 3.05) is 97.7 Å². The van der Waals surface area contributed by atoms with Crippen molar-refractivity contribution in [1.29, 1.82) is 0 Å². The molecule has 0 unspecified atom stereocenters. The Balaban J connectivity index is 0.000000188. The van der Waals surface area contributed by atoms with Gasteiger partial charge in [-0.15, -0.1) is 0 Å². The number of sulfone groups is 1. The fraction of sp³-hybridized carbons (Fsp3) is 0.552. The molecule has 6 amide bonds. The van der Waals surface area contributed by atoms with Gasteiger partial charge in [-0.1, -0.05) is 77.8 Å². The average molecular weight is 1520 g/mol. The zero-order valence-corrected chi connectivity index (χ0v) is 60.3. The van der Waals surface area contributed by atoms with Crippen molar-refractivity contribution in [1.82, 2.24) is 50.6 Å². The molecule has 11 rings (SSSR count). The number of nitrogens with two attached hydrogens (primary N) is 1. The molecule has 36 heteroatoms. The number of carbonyl (C=O) groups excluding carboxylic acids is 4. The van der Waals surface area contributed by atoms with Gasteiger partial charge in [0.25, 0.3) is 0 Å². The molecule has 0 saturated carbocycles. The van der Waals surface area contributed by atoms with Crippen LogP contribution in [-0.4, -0.2) is 193 Å². The van der Waals surface area contributed by atoms with Crippen molar-refractivity contribution in [3.05, 3.63) is 118 Å². The molecule has 4 fully saturated rings. The number of halogens is 11. The predicted octanol–water partition coefficient (Wildman–Crippen LogP) is 12.5. The first-order valence-corrected chi connectivity index (χ1v) is 35.9. The number of ether oxygens (including phenoxy) is 2. The van der Waals surface area contributed by atoms with Crippen molar-refractivity contribution in [2.45, 2.75) is 171 Å². The number of likely N-dealkylation sites (tertiary alicyclic amines) is 3. The molecule has 0 aliphatic carbocycles. The van der Waals surface area contributed by atoms with Crippen LogP contribution in [0.25, 0.3) is 0 Å². The van der Waals surface area contributed by atoms with Crippen molar-refractivity contribution >= 4 is 86.2 Å². The lowest BCUT2D eigenvalue weighted by Crippen LogP contribution is -2.48. The lowest BCUT2D eigenvalue weighted by Gasteiger charge is -2.33. The molecule has 4 saturated heterocycles. The summed E-state index contributed by atoms with van der Waals surface area (Å²) in [7, 11) is -3.74. The van der Waals surface area contributed by atoms with Crippen LogP contribution in [0, 0.1) is 0 Å². The van der Waals surface area contributed by atoms with Gasteiger partial charge < -0.3 is 36.5 Å². The zero-order valence-electron chi connectivity index (χ0n) is 58.0. The number of amides is 6. The van der Waals surface area contributed by atoms with Gasteiger partial charge in [0.15, 0.2) is 0 Å². The monoisotopic (exact) mass is 1520 g/mol. The molecule has 2 aromatic heterocycles. The number of urea groups is 2. The highest BCUT2D eigenvalue weighted by Gasteiger charge is 2.37. The van der Waals surface area contributed by atoms with Crippen LogP contribution < -0.4 is 47.4 Å². The number of piperidine rings is 4. The minimum atomic E-state index is -4.18. The Bertz CT molecular complexity index is 3700. The minimum Gasteiger partial charge on any atom is -0.444 e. The second kappa shape index (κ2) is 36.9. The second-order valence-corrected chi connectivity index (χ2v) is 30.0. The highest BCUT2D eigenvalue weighted by atomic mass is 35.5. The molecule has 8 heterocycles. The zero-order chi connectivity index (χ0) is 75.5. The number of aromatic nitrogens is 4. The molecule has 103 heavy (non-hydrogen) atoms. The van der Waals surface area contributed by atoms with Crippen molar-refractivity contribution in [2.24, 2.45) is 5.73 Å². The minimum absolute atomic E-state index is 0.0218. The summed E-state index contributed by atoms with van der Waals surface area (Å²) in [6, 6.07) is 22.3. The highest BCUT2D eigenvalue weighted by molar-refractivity contribution is 7.90. The van der Waals surface area contributed by atoms with Crippen LogP contribution in [0.1, 0.15) is 110 Å². The summed E-state index contributed by atoms with van der Waals surface area (Å²) in [5.41, 5.74) is 7.69. The first-order chi connectivity index (χ1) is 48.2. The lowest BCUT2D eigenvalue weighted by molar-refractivity contribution is -0.148. The number of benzene rings is 3. The summed E-state index contributed by atoms with van der Waals surface area (Å²) < 4.78 is 145. The number of hydrogen-bond acceptors (Lipinski definition) is 18. The number of alkyl carbamates (subject to hydrolysis) is 2. The molecule has 0 radical (unpaired) electrons. The molecular formula is C67H89Cl2F9N16O8S. The summed E-state index contributed by atoms with van der Waals surface area (Å²) in [4.78, 5) is 71.9. The summed E-state index contributed by atoms with van der Waals surface area (Å²) in [6.07, 6.45) is -4.71. The fourth-order valence-electron chi connectivity index (χ4n) is 11.3. The largest absolute Gasteiger partial charge is 0.444 e. The normalized spacial score (nSPS) is 17.8. The Kier molecular flexibility index (Phi) is 29.6. The molecule has 0 bridgehead atoms. The number of hydrogen-bond donors (Lipinski definition) is 7. The van der Waals surface area contributed by atoms with E-state index in [1.807, 2.05) is 26.8 Å². The van der Waals surface area contributed by atoms with E-state index in [4.69, 9.17) is 38.4 Å². The summed E-state index contributed by atoms with van der Waals surface area (Å²) in [5.74, 6) is 0.728. The Labute approximate surface area is 603 Å². The third kappa shape index (κ3) is 29.1. The Hall–Kier alpha value is -7.60. The van der Waals surface area contributed by atoms with E-state index >= 15 is 0 Å². The average Bonchev–Trinajstić information content (AvgIpc) is 0.787. The Morgan fingerprint density at radius 2 is 0.942 bits per heavy atom. The van der Waals surface area contributed by atoms with Crippen LogP contribution in [0.4, 0.5) is 87.7 Å². The van der Waals surface area contributed by atoms with Crippen LogP contribution in [0.3, 0.4) is 0 Å². The van der Waals surface area contributed by atoms with Crippen molar-refractivity contribution < 1.29 is 76.6 Å². The summed E-state index contributed by atoms with van der Waals surface area (Å²) in [6.45, 7) is 13.1. The molecule has 0 spiro atoms. The Morgan fingerprint density at radius 3 is 1.37 bits per heavy atom. The molecule has 0 atom stereocenters. The van der Waals surface area contributed by atoms with Crippen LogP contribution >= 0.6 is 23.2 Å². The molecule has 5 aromatic rings. The predicted molar refractivity (Wildman–Crippen MR) is 374 cm³/mol. The third-order valence-electron chi connectivity index (χ3n) is 16.2. The van der Waals surface area contributed by atoms with Gasteiger partial charge in [-0.2, -0.15) is 44.5 Å². The van der Waals surface area contributed by atoms with Gasteiger partial charge in [-0.05, 0) is 149 Å². The van der Waals surface area contributed by atoms with E-state index in [2.05, 4.69) is 51.8 Å². The van der Waals surface area contributed by atoms with Gasteiger partial charge in [-0.25, -0.2) is 42.5 Å². The number of para-hydroxylation sites is 2. The van der Waals surface area contributed by atoms with E-state index in [1.54, 1.807) is 99.8 Å². The van der Waals surface area contributed by atoms with E-state index in [-0.39, 0.29) is 66.1 Å². The second-order valence-electron chi connectivity index (χ2n) is 27.3. The maximum Gasteiger partial charge on any atom is 0.407 e. The number of carbonyl (C=O) groups is 4. The first-order valence-electron chi connectivity index (χ1n) is 33.5. The van der Waals surface area contributed by atoms with Crippen molar-refractivity contribution in [3.63, 3.8) is 0 Å². The van der Waals surface area contributed by atoms with Crippen LogP contribution in [-0.2, 0) is 38.2 Å². The van der Waals surface area contributed by atoms with E-state index in [0.29, 0.717) is 122 Å². The lowest BCUT2D eigenvalue weighted by atomic mass is 10.1. The van der Waals surface area contributed by atoms with Gasteiger partial charge in [0.1, 0.15) is 22.8 Å². The summed E-state index contributed by atoms with van der Waals surface area (Å²) >= 11 is 12.4. The third-order valence-corrected chi connectivity index (χ3v) is 18.3. The van der Waals surface area contributed by atoms with Gasteiger partial charge in [0.05, 0.1) is 59.9 Å². The maximum atomic E-state index is 12.6. The Morgan fingerprint density at radius 1 is 0.553 bits per heavy atom. The van der Waals surface area contributed by atoms with Crippen LogP contribution in [0.2, 0.25) is 10.0 Å². The number of anilines is 5. The topological polar surface area (TPSA) is 287 Å². The number of rotatable bonds is 12. The smallest absolute Gasteiger partial charge is 0.407 e. The maximum absolute atomic E-state index is 12.6. The molecule has 6 aliphatic heterocycles. The van der Waals surface area contributed by atoms with Crippen molar-refractivity contribution in [3.8, 4) is 0 Å². The molecule has 24 nitrogen and oxygen atoms in total. The van der Waals surface area contributed by atoms with Gasteiger partial charge in [0.2, 0.25) is 20.9 Å². The van der Waals surface area contributed by atoms with E-state index in [9.17, 15) is 67.1 Å². The molecule has 8 N–H and O–H groups in total. The molecular weight excluding hydrogens is 1430 g/mol. The van der Waals surface area contributed by atoms with Crippen LogP contribution in [0.5, 0.6) is 0 Å². The number of fused-ring (bicyclic) bond motifs is 2. The fourth-order valence-corrected chi connectivity index (χ4v) is 13.0. The summed E-state index contributed by atoms with van der Waals surface area (Å²) in [5, 5.41) is 17.9. The number of nitrogens with zero attached hydrogens (tertiary/aromatic N) is 9. The van der Waals surface area contributed by atoms with Gasteiger partial charge >= 0.3 is 42.8 Å². The van der Waals surface area contributed by atoms with Gasteiger partial charge in [0, 0.05) is 73.9 Å².